The van der Waals surface area contributed by atoms with Crippen LogP contribution in [0.25, 0.3) is 0 Å². The fourth-order valence-corrected chi connectivity index (χ4v) is 4.99. The topological polar surface area (TPSA) is 88.8 Å². The molecule has 156 valence electrons. The van der Waals surface area contributed by atoms with Crippen LogP contribution in [0.2, 0.25) is 0 Å². The van der Waals surface area contributed by atoms with Crippen molar-refractivity contribution < 1.29 is 19.1 Å². The molecule has 1 aromatic carbocycles. The first-order valence-corrected chi connectivity index (χ1v) is 10.9. The molecule has 0 bridgehead atoms. The zero-order valence-electron chi connectivity index (χ0n) is 16.8. The molecule has 1 aromatic heterocycles. The first kappa shape index (κ1) is 21.3. The second kappa shape index (κ2) is 9.39. The minimum atomic E-state index is -0.648. The van der Waals surface area contributed by atoms with Gasteiger partial charge in [-0.3, -0.25) is 9.59 Å². The number of nitrogens with one attached hydrogen (secondary N) is 1. The molecule has 2 aromatic rings. The van der Waals surface area contributed by atoms with Crippen LogP contribution in [-0.4, -0.2) is 36.2 Å². The average Bonchev–Trinajstić information content (AvgIpc) is 2.72. The summed E-state index contributed by atoms with van der Waals surface area (Å²) in [5.74, 6) is 2.75. The number of thioether (sulfide) groups is 1. The largest absolute Gasteiger partial charge is 0.502 e. The molecular formula is C22H27NO5S. The van der Waals surface area contributed by atoms with Crippen LogP contribution in [-0.2, 0) is 16.6 Å². The van der Waals surface area contributed by atoms with E-state index in [1.165, 1.54) is 6.07 Å². The molecule has 29 heavy (non-hydrogen) atoms. The van der Waals surface area contributed by atoms with Crippen molar-refractivity contribution in [2.24, 2.45) is 0 Å². The minimum Gasteiger partial charge on any atom is -0.502 e. The third-order valence-corrected chi connectivity index (χ3v) is 6.36. The summed E-state index contributed by atoms with van der Waals surface area (Å²) in [5, 5.41) is 13.3. The highest BCUT2D eigenvalue weighted by atomic mass is 32.2. The summed E-state index contributed by atoms with van der Waals surface area (Å²) in [4.78, 5) is 24.8. The Morgan fingerprint density at radius 3 is 2.62 bits per heavy atom. The highest BCUT2D eigenvalue weighted by molar-refractivity contribution is 7.99. The van der Waals surface area contributed by atoms with E-state index in [1.54, 1.807) is 14.0 Å². The molecule has 1 aliphatic heterocycles. The van der Waals surface area contributed by atoms with Gasteiger partial charge in [-0.05, 0) is 55.4 Å². The lowest BCUT2D eigenvalue weighted by molar-refractivity contribution is -0.122. The molecule has 0 radical (unpaired) electrons. The number of hydrogen-bond acceptors (Lipinski definition) is 6. The van der Waals surface area contributed by atoms with Crippen LogP contribution in [0.5, 0.6) is 11.5 Å². The van der Waals surface area contributed by atoms with Crippen molar-refractivity contribution in [1.82, 2.24) is 5.32 Å². The normalized spacial score (nSPS) is 15.7. The van der Waals surface area contributed by atoms with Gasteiger partial charge in [0.25, 0.3) is 0 Å². The number of rotatable bonds is 7. The van der Waals surface area contributed by atoms with Crippen LogP contribution in [0.3, 0.4) is 0 Å². The van der Waals surface area contributed by atoms with E-state index in [9.17, 15) is 14.7 Å². The highest BCUT2D eigenvalue weighted by Crippen LogP contribution is 2.43. The molecule has 1 saturated heterocycles. The Labute approximate surface area is 174 Å². The molecule has 7 heteroatoms. The molecule has 1 amide bonds. The Bertz CT molecular complexity index is 900. The predicted octanol–water partition coefficient (Wildman–Crippen LogP) is 3.18. The maximum atomic E-state index is 12.7. The fraction of sp³-hybridized carbons (Fsp3) is 0.455. The van der Waals surface area contributed by atoms with Gasteiger partial charge in [0.1, 0.15) is 11.5 Å². The lowest BCUT2D eigenvalue weighted by atomic mass is 9.75. The van der Waals surface area contributed by atoms with E-state index >= 15 is 0 Å². The van der Waals surface area contributed by atoms with Crippen molar-refractivity contribution in [3.05, 3.63) is 57.6 Å². The van der Waals surface area contributed by atoms with Crippen molar-refractivity contribution in [1.29, 1.82) is 0 Å². The molecule has 0 unspecified atom stereocenters. The molecular weight excluding hydrogens is 390 g/mol. The summed E-state index contributed by atoms with van der Waals surface area (Å²) in [6, 6.07) is 9.02. The third-order valence-electron chi connectivity index (χ3n) is 5.37. The van der Waals surface area contributed by atoms with Crippen molar-refractivity contribution >= 4 is 17.7 Å². The minimum absolute atomic E-state index is 0.103. The summed E-state index contributed by atoms with van der Waals surface area (Å²) in [6.45, 7) is 2.20. The lowest BCUT2D eigenvalue weighted by Crippen LogP contribution is -2.39. The van der Waals surface area contributed by atoms with Gasteiger partial charge in [-0.2, -0.15) is 11.8 Å². The van der Waals surface area contributed by atoms with E-state index in [-0.39, 0.29) is 23.8 Å². The lowest BCUT2D eigenvalue weighted by Gasteiger charge is -2.35. The highest BCUT2D eigenvalue weighted by Gasteiger charge is 2.41. The Morgan fingerprint density at radius 2 is 1.97 bits per heavy atom. The van der Waals surface area contributed by atoms with Gasteiger partial charge in [-0.15, -0.1) is 0 Å². The quantitative estimate of drug-likeness (QED) is 0.719. The van der Waals surface area contributed by atoms with Gasteiger partial charge in [0.05, 0.1) is 7.11 Å². The van der Waals surface area contributed by atoms with Crippen LogP contribution in [0, 0.1) is 6.92 Å². The van der Waals surface area contributed by atoms with Gasteiger partial charge in [-0.1, -0.05) is 12.1 Å². The first-order valence-electron chi connectivity index (χ1n) is 9.75. The van der Waals surface area contributed by atoms with Gasteiger partial charge in [0.2, 0.25) is 17.1 Å². The molecule has 0 saturated carbocycles. The summed E-state index contributed by atoms with van der Waals surface area (Å²) >= 11 is 1.81. The second-order valence-corrected chi connectivity index (χ2v) is 8.64. The van der Waals surface area contributed by atoms with E-state index < -0.39 is 10.8 Å². The summed E-state index contributed by atoms with van der Waals surface area (Å²) in [5.41, 5.74) is 0.00326. The number of hydrogen-bond donors (Lipinski definition) is 2. The molecule has 0 atom stereocenters. The van der Waals surface area contributed by atoms with Crippen molar-refractivity contribution in [3.63, 3.8) is 0 Å². The van der Waals surface area contributed by atoms with E-state index in [2.05, 4.69) is 5.32 Å². The fourth-order valence-electron chi connectivity index (χ4n) is 3.72. The first-order chi connectivity index (χ1) is 13.9. The van der Waals surface area contributed by atoms with E-state index in [0.29, 0.717) is 31.6 Å². The van der Waals surface area contributed by atoms with Gasteiger partial charge in [-0.25, -0.2) is 0 Å². The van der Waals surface area contributed by atoms with Crippen molar-refractivity contribution in [2.75, 3.05) is 25.2 Å². The van der Waals surface area contributed by atoms with Crippen LogP contribution < -0.4 is 15.5 Å². The zero-order valence-corrected chi connectivity index (χ0v) is 17.6. The van der Waals surface area contributed by atoms with Gasteiger partial charge in [0, 0.05) is 24.4 Å². The Morgan fingerprint density at radius 1 is 1.28 bits per heavy atom. The number of aryl methyl sites for hydroxylation is 1. The van der Waals surface area contributed by atoms with Gasteiger partial charge < -0.3 is 19.6 Å². The number of aromatic hydroxyl groups is 1. The maximum Gasteiger partial charge on any atom is 0.227 e. The van der Waals surface area contributed by atoms with Crippen LogP contribution in [0.1, 0.15) is 36.3 Å². The average molecular weight is 418 g/mol. The third kappa shape index (κ3) is 5.15. The second-order valence-electron chi connectivity index (χ2n) is 7.42. The molecule has 2 N–H and O–H groups in total. The van der Waals surface area contributed by atoms with Crippen molar-refractivity contribution in [2.45, 2.75) is 38.0 Å². The SMILES string of the molecule is COc1ccc(CCNC(=O)CC2(c3oc(C)cc(=O)c3O)CCSCC2)cc1. The van der Waals surface area contributed by atoms with Gasteiger partial charge in [0.15, 0.2) is 5.76 Å². The Kier molecular flexibility index (Phi) is 6.90. The number of carbonyl (C=O) groups is 1. The summed E-state index contributed by atoms with van der Waals surface area (Å²) in [6.07, 6.45) is 2.27. The summed E-state index contributed by atoms with van der Waals surface area (Å²) < 4.78 is 10.9. The number of benzene rings is 1. The Hall–Kier alpha value is -2.41. The summed E-state index contributed by atoms with van der Waals surface area (Å²) in [7, 11) is 1.63. The smallest absolute Gasteiger partial charge is 0.227 e. The molecule has 1 fully saturated rings. The van der Waals surface area contributed by atoms with E-state index in [1.807, 2.05) is 36.0 Å². The molecule has 3 rings (SSSR count). The van der Waals surface area contributed by atoms with Crippen LogP contribution in [0.15, 0.2) is 39.5 Å². The molecule has 0 aliphatic carbocycles. The number of ether oxygens (including phenoxy) is 1. The predicted molar refractivity (Wildman–Crippen MR) is 114 cm³/mol. The molecule has 6 nitrogen and oxygen atoms in total. The number of carbonyl (C=O) groups excluding carboxylic acids is 1. The molecule has 0 spiro atoms. The Balaban J connectivity index is 1.68. The van der Waals surface area contributed by atoms with Gasteiger partial charge >= 0.3 is 0 Å². The van der Waals surface area contributed by atoms with E-state index in [0.717, 1.165) is 22.8 Å². The maximum absolute atomic E-state index is 12.7. The van der Waals surface area contributed by atoms with Crippen molar-refractivity contribution in [3.8, 4) is 11.5 Å². The van der Waals surface area contributed by atoms with E-state index in [4.69, 9.17) is 9.15 Å². The van der Waals surface area contributed by atoms with Crippen LogP contribution >= 0.6 is 11.8 Å². The molecule has 1 aliphatic rings. The monoisotopic (exact) mass is 417 g/mol. The zero-order chi connectivity index (χ0) is 20.9. The number of amides is 1. The standard InChI is InChI=1S/C22H27NO5S/c1-15-13-18(24)20(26)21(28-15)22(8-11-29-12-9-22)14-19(25)23-10-7-16-3-5-17(27-2)6-4-16/h3-6,13,26H,7-12,14H2,1-2H3,(H,23,25). The molecule has 2 heterocycles. The van der Waals surface area contributed by atoms with Crippen LogP contribution in [0.4, 0.5) is 0 Å². The number of methoxy groups -OCH3 is 1.